The van der Waals surface area contributed by atoms with Gasteiger partial charge >= 0.3 is 0 Å². The molecule has 1 aliphatic carbocycles. The number of rotatable bonds is 3. The second-order valence-electron chi connectivity index (χ2n) is 6.16. The summed E-state index contributed by atoms with van der Waals surface area (Å²) in [6.45, 7) is 0. The van der Waals surface area contributed by atoms with Crippen LogP contribution < -0.4 is 4.80 Å². The van der Waals surface area contributed by atoms with Gasteiger partial charge in [-0.1, -0.05) is 36.0 Å². The molecule has 0 aliphatic heterocycles. The number of pyridine rings is 1. The Hall–Kier alpha value is -1.62. The fraction of sp³-hybridized carbons (Fsp3) is 0.263. The van der Waals surface area contributed by atoms with Crippen molar-refractivity contribution in [3.8, 4) is 11.3 Å². The predicted molar refractivity (Wildman–Crippen MR) is 105 cm³/mol. The molecule has 0 amide bonds. The van der Waals surface area contributed by atoms with E-state index in [0.717, 1.165) is 21.7 Å². The zero-order valence-electron chi connectivity index (χ0n) is 13.5. The number of nitrogens with zero attached hydrogens (tertiary/aromatic N) is 3. The maximum Gasteiger partial charge on any atom is 0.190 e. The van der Waals surface area contributed by atoms with Crippen molar-refractivity contribution >= 4 is 40.2 Å². The normalized spacial score (nSPS) is 15.8. The first kappa shape index (κ1) is 16.8. The van der Waals surface area contributed by atoms with Gasteiger partial charge in [0, 0.05) is 28.2 Å². The van der Waals surface area contributed by atoms with E-state index in [4.69, 9.17) is 28.2 Å². The summed E-state index contributed by atoms with van der Waals surface area (Å²) in [4.78, 5) is 9.98. The third-order valence-corrected chi connectivity index (χ3v) is 5.90. The number of aromatic nitrogens is 2. The lowest BCUT2D eigenvalue weighted by molar-refractivity contribution is 0.512. The molecule has 4 rings (SSSR count). The van der Waals surface area contributed by atoms with Crippen molar-refractivity contribution in [2.45, 2.75) is 31.7 Å². The summed E-state index contributed by atoms with van der Waals surface area (Å²) in [7, 11) is 0. The number of thiazole rings is 1. The van der Waals surface area contributed by atoms with Crippen LogP contribution in [-0.4, -0.2) is 9.55 Å². The van der Waals surface area contributed by atoms with Crippen LogP contribution in [0.4, 0.5) is 5.69 Å². The summed E-state index contributed by atoms with van der Waals surface area (Å²) in [6, 6.07) is 10.0. The van der Waals surface area contributed by atoms with Crippen molar-refractivity contribution in [1.82, 2.24) is 9.55 Å². The number of hydrogen-bond donors (Lipinski definition) is 0. The third kappa shape index (κ3) is 3.52. The van der Waals surface area contributed by atoms with E-state index in [1.165, 1.54) is 25.7 Å². The zero-order chi connectivity index (χ0) is 17.2. The highest BCUT2D eigenvalue weighted by Crippen LogP contribution is 2.36. The molecule has 0 radical (unpaired) electrons. The molecule has 0 bridgehead atoms. The SMILES string of the molecule is Clc1ccc(-c2csc(=Nc3cccnc3)n2C2CCCC2)c(Cl)c1. The highest BCUT2D eigenvalue weighted by atomic mass is 35.5. The summed E-state index contributed by atoms with van der Waals surface area (Å²) in [6.07, 6.45) is 8.41. The lowest BCUT2D eigenvalue weighted by Crippen LogP contribution is -2.20. The Morgan fingerprint density at radius 2 is 2.00 bits per heavy atom. The van der Waals surface area contributed by atoms with Crippen LogP contribution >= 0.6 is 34.5 Å². The molecule has 25 heavy (non-hydrogen) atoms. The molecular formula is C19H17Cl2N3S. The monoisotopic (exact) mass is 389 g/mol. The molecule has 3 aromatic rings. The molecule has 3 nitrogen and oxygen atoms in total. The molecule has 0 saturated heterocycles. The Morgan fingerprint density at radius 3 is 2.72 bits per heavy atom. The first-order valence-electron chi connectivity index (χ1n) is 8.32. The van der Waals surface area contributed by atoms with E-state index in [1.807, 2.05) is 24.3 Å². The van der Waals surface area contributed by atoms with Gasteiger partial charge in [0.05, 0.1) is 22.6 Å². The van der Waals surface area contributed by atoms with Crippen LogP contribution in [0.1, 0.15) is 31.7 Å². The quantitative estimate of drug-likeness (QED) is 0.519. The second-order valence-corrected chi connectivity index (χ2v) is 7.84. The molecule has 0 unspecified atom stereocenters. The molecular weight excluding hydrogens is 373 g/mol. The minimum absolute atomic E-state index is 0.461. The molecule has 0 N–H and O–H groups in total. The first-order chi connectivity index (χ1) is 12.2. The molecule has 0 atom stereocenters. The van der Waals surface area contributed by atoms with E-state index in [9.17, 15) is 0 Å². The summed E-state index contributed by atoms with van der Waals surface area (Å²) in [5, 5.41) is 3.46. The zero-order valence-corrected chi connectivity index (χ0v) is 15.9. The maximum atomic E-state index is 6.48. The van der Waals surface area contributed by atoms with Gasteiger partial charge in [-0.05, 0) is 43.2 Å². The summed E-state index contributed by atoms with van der Waals surface area (Å²) < 4.78 is 2.35. The predicted octanol–water partition coefficient (Wildman–Crippen LogP) is 6.27. The lowest BCUT2D eigenvalue weighted by Gasteiger charge is -2.17. The van der Waals surface area contributed by atoms with E-state index in [1.54, 1.807) is 29.8 Å². The van der Waals surface area contributed by atoms with Crippen molar-refractivity contribution in [3.63, 3.8) is 0 Å². The van der Waals surface area contributed by atoms with E-state index in [-0.39, 0.29) is 0 Å². The van der Waals surface area contributed by atoms with Crippen LogP contribution in [0.3, 0.4) is 0 Å². The molecule has 1 aliphatic rings. The topological polar surface area (TPSA) is 30.2 Å². The van der Waals surface area contributed by atoms with Crippen molar-refractivity contribution in [2.24, 2.45) is 4.99 Å². The Balaban J connectivity index is 1.89. The van der Waals surface area contributed by atoms with E-state index in [2.05, 4.69) is 14.9 Å². The number of halogens is 2. The smallest absolute Gasteiger partial charge is 0.190 e. The minimum atomic E-state index is 0.461. The Labute approximate surface area is 160 Å². The molecule has 0 spiro atoms. The van der Waals surface area contributed by atoms with Gasteiger partial charge < -0.3 is 4.57 Å². The molecule has 128 valence electrons. The summed E-state index contributed by atoms with van der Waals surface area (Å²) >= 11 is 14.2. The summed E-state index contributed by atoms with van der Waals surface area (Å²) in [5.41, 5.74) is 2.98. The Kier molecular flexibility index (Phi) is 4.93. The largest absolute Gasteiger partial charge is 0.313 e. The average Bonchev–Trinajstić information content (AvgIpc) is 3.25. The Morgan fingerprint density at radius 1 is 1.16 bits per heavy atom. The van der Waals surface area contributed by atoms with Crippen LogP contribution in [0, 0.1) is 0 Å². The first-order valence-corrected chi connectivity index (χ1v) is 9.96. The van der Waals surface area contributed by atoms with Crippen LogP contribution in [0.5, 0.6) is 0 Å². The van der Waals surface area contributed by atoms with Gasteiger partial charge in [0.2, 0.25) is 0 Å². The highest BCUT2D eigenvalue weighted by molar-refractivity contribution is 7.07. The van der Waals surface area contributed by atoms with Crippen LogP contribution in [0.2, 0.25) is 10.0 Å². The van der Waals surface area contributed by atoms with E-state index < -0.39 is 0 Å². The molecule has 1 aromatic carbocycles. The van der Waals surface area contributed by atoms with Gasteiger partial charge in [0.25, 0.3) is 0 Å². The summed E-state index contributed by atoms with van der Waals surface area (Å²) in [5.74, 6) is 0. The molecule has 1 saturated carbocycles. The highest BCUT2D eigenvalue weighted by Gasteiger charge is 2.22. The van der Waals surface area contributed by atoms with Gasteiger partial charge in [0.1, 0.15) is 0 Å². The van der Waals surface area contributed by atoms with Crippen molar-refractivity contribution in [2.75, 3.05) is 0 Å². The van der Waals surface area contributed by atoms with E-state index >= 15 is 0 Å². The maximum absolute atomic E-state index is 6.48. The molecule has 6 heteroatoms. The lowest BCUT2D eigenvalue weighted by atomic mass is 10.1. The number of hydrogen-bond acceptors (Lipinski definition) is 3. The number of benzene rings is 1. The van der Waals surface area contributed by atoms with Crippen molar-refractivity contribution in [1.29, 1.82) is 0 Å². The van der Waals surface area contributed by atoms with Gasteiger partial charge in [-0.3, -0.25) is 4.98 Å². The Bertz CT molecular complexity index is 941. The molecule has 2 aromatic heterocycles. The standard InChI is InChI=1S/C19H17Cl2N3S/c20-13-7-8-16(17(21)10-13)18-12-25-19(23-14-4-3-9-22-11-14)24(18)15-5-1-2-6-15/h3-4,7-12,15H,1-2,5-6H2. The van der Waals surface area contributed by atoms with Gasteiger partial charge in [-0.15, -0.1) is 11.3 Å². The average molecular weight is 390 g/mol. The van der Waals surface area contributed by atoms with Gasteiger partial charge in [-0.25, -0.2) is 4.99 Å². The second kappa shape index (κ2) is 7.32. The van der Waals surface area contributed by atoms with Crippen LogP contribution in [0.15, 0.2) is 53.1 Å². The fourth-order valence-corrected chi connectivity index (χ4v) is 4.82. The van der Waals surface area contributed by atoms with E-state index in [0.29, 0.717) is 16.1 Å². The van der Waals surface area contributed by atoms with Crippen LogP contribution in [-0.2, 0) is 0 Å². The van der Waals surface area contributed by atoms with Gasteiger partial charge in [0.15, 0.2) is 4.80 Å². The van der Waals surface area contributed by atoms with Crippen LogP contribution in [0.25, 0.3) is 11.3 Å². The molecule has 2 heterocycles. The minimum Gasteiger partial charge on any atom is -0.313 e. The van der Waals surface area contributed by atoms with Crippen molar-refractivity contribution in [3.05, 3.63) is 63.0 Å². The van der Waals surface area contributed by atoms with Crippen molar-refractivity contribution < 1.29 is 0 Å². The third-order valence-electron chi connectivity index (χ3n) is 4.51. The molecule has 1 fully saturated rings. The van der Waals surface area contributed by atoms with Gasteiger partial charge in [-0.2, -0.15) is 0 Å². The fourth-order valence-electron chi connectivity index (χ4n) is 3.34.